The zero-order valence-corrected chi connectivity index (χ0v) is 16.3. The van der Waals surface area contributed by atoms with Crippen molar-refractivity contribution in [1.82, 2.24) is 19.6 Å². The number of carbonyl (C=O) groups excluding carboxylic acids is 2. The number of benzene rings is 2. The molecule has 0 aliphatic rings. The lowest BCUT2D eigenvalue weighted by atomic mass is 10.2. The van der Waals surface area contributed by atoms with Crippen LogP contribution in [-0.2, 0) is 4.79 Å². The summed E-state index contributed by atoms with van der Waals surface area (Å²) in [5.41, 5.74) is 2.45. The van der Waals surface area contributed by atoms with Gasteiger partial charge in [-0.1, -0.05) is 25.1 Å². The van der Waals surface area contributed by atoms with Crippen molar-refractivity contribution in [2.75, 3.05) is 10.6 Å². The van der Waals surface area contributed by atoms with E-state index in [4.69, 9.17) is 0 Å². The van der Waals surface area contributed by atoms with E-state index >= 15 is 0 Å². The SMILES string of the molecule is CCC(=O)Nc1cc(C(=O)Nc2ccc(-n3cccn3)cc2)nn1-c1ccccc1. The van der Waals surface area contributed by atoms with E-state index in [1.165, 1.54) is 0 Å². The van der Waals surface area contributed by atoms with Gasteiger partial charge in [0.1, 0.15) is 5.82 Å². The molecule has 4 rings (SSSR count). The molecule has 4 aromatic rings. The Morgan fingerprint density at radius 2 is 1.70 bits per heavy atom. The number of aromatic nitrogens is 4. The third-order valence-corrected chi connectivity index (χ3v) is 4.43. The molecule has 2 amide bonds. The normalized spacial score (nSPS) is 10.6. The Hall–Kier alpha value is -4.20. The Labute approximate surface area is 173 Å². The van der Waals surface area contributed by atoms with Crippen LogP contribution < -0.4 is 10.6 Å². The van der Waals surface area contributed by atoms with E-state index < -0.39 is 0 Å². The van der Waals surface area contributed by atoms with E-state index in [-0.39, 0.29) is 17.5 Å². The lowest BCUT2D eigenvalue weighted by molar-refractivity contribution is -0.115. The molecule has 0 atom stereocenters. The number of nitrogens with zero attached hydrogens (tertiary/aromatic N) is 4. The fraction of sp³-hybridized carbons (Fsp3) is 0.0909. The summed E-state index contributed by atoms with van der Waals surface area (Å²) >= 11 is 0. The standard InChI is InChI=1S/C22H20N6O2/c1-2-21(29)25-20-15-19(26-28(20)18-7-4-3-5-8-18)22(30)24-16-9-11-17(12-10-16)27-14-6-13-23-27/h3-15H,2H2,1H3,(H,24,30)(H,25,29). The average molecular weight is 400 g/mol. The highest BCUT2D eigenvalue weighted by atomic mass is 16.2. The number of hydrogen-bond acceptors (Lipinski definition) is 4. The van der Waals surface area contributed by atoms with Crippen LogP contribution in [0.2, 0.25) is 0 Å². The molecule has 0 radical (unpaired) electrons. The number of nitrogens with one attached hydrogen (secondary N) is 2. The Kier molecular flexibility index (Phi) is 5.38. The van der Waals surface area contributed by atoms with E-state index in [0.717, 1.165) is 11.4 Å². The van der Waals surface area contributed by atoms with Crippen LogP contribution >= 0.6 is 0 Å². The molecule has 0 aliphatic heterocycles. The van der Waals surface area contributed by atoms with Gasteiger partial charge in [0.2, 0.25) is 5.91 Å². The van der Waals surface area contributed by atoms with Crippen LogP contribution in [0.4, 0.5) is 11.5 Å². The summed E-state index contributed by atoms with van der Waals surface area (Å²) in [7, 11) is 0. The molecule has 0 saturated heterocycles. The van der Waals surface area contributed by atoms with Crippen LogP contribution in [0.1, 0.15) is 23.8 Å². The van der Waals surface area contributed by atoms with Gasteiger partial charge < -0.3 is 10.6 Å². The highest BCUT2D eigenvalue weighted by Crippen LogP contribution is 2.19. The quantitative estimate of drug-likeness (QED) is 0.516. The molecule has 0 fully saturated rings. The Morgan fingerprint density at radius 1 is 0.933 bits per heavy atom. The second-order valence-corrected chi connectivity index (χ2v) is 6.52. The molecule has 2 aromatic heterocycles. The van der Waals surface area contributed by atoms with Crippen molar-refractivity contribution >= 4 is 23.3 Å². The Bertz CT molecular complexity index is 1150. The molecule has 0 spiro atoms. The Morgan fingerprint density at radius 3 is 2.37 bits per heavy atom. The van der Waals surface area contributed by atoms with Crippen LogP contribution in [0.25, 0.3) is 11.4 Å². The average Bonchev–Trinajstić information content (AvgIpc) is 3.45. The van der Waals surface area contributed by atoms with Crippen molar-refractivity contribution in [2.24, 2.45) is 0 Å². The summed E-state index contributed by atoms with van der Waals surface area (Å²) in [6.45, 7) is 1.76. The van der Waals surface area contributed by atoms with E-state index in [0.29, 0.717) is 17.9 Å². The van der Waals surface area contributed by atoms with Crippen LogP contribution in [0, 0.1) is 0 Å². The smallest absolute Gasteiger partial charge is 0.276 e. The van der Waals surface area contributed by atoms with Crippen LogP contribution in [0.15, 0.2) is 79.1 Å². The number of rotatable bonds is 6. The first-order chi connectivity index (χ1) is 14.6. The van der Waals surface area contributed by atoms with Gasteiger partial charge in [-0.3, -0.25) is 9.59 Å². The van der Waals surface area contributed by atoms with Gasteiger partial charge in [0.15, 0.2) is 5.69 Å². The first kappa shape index (κ1) is 19.1. The number of para-hydroxylation sites is 1. The molecule has 8 heteroatoms. The minimum atomic E-state index is -0.372. The van der Waals surface area contributed by atoms with Crippen molar-refractivity contribution in [1.29, 1.82) is 0 Å². The largest absolute Gasteiger partial charge is 0.321 e. The summed E-state index contributed by atoms with van der Waals surface area (Å²) < 4.78 is 3.28. The molecule has 2 aromatic carbocycles. The van der Waals surface area contributed by atoms with Crippen LogP contribution in [-0.4, -0.2) is 31.4 Å². The molecular formula is C22H20N6O2. The summed E-state index contributed by atoms with van der Waals surface area (Å²) in [6, 6.07) is 20.0. The maximum Gasteiger partial charge on any atom is 0.276 e. The molecule has 0 bridgehead atoms. The number of anilines is 2. The zero-order chi connectivity index (χ0) is 20.9. The third-order valence-electron chi connectivity index (χ3n) is 4.43. The van der Waals surface area contributed by atoms with Gasteiger partial charge >= 0.3 is 0 Å². The molecule has 0 saturated carbocycles. The first-order valence-electron chi connectivity index (χ1n) is 9.51. The topological polar surface area (TPSA) is 93.8 Å². The summed E-state index contributed by atoms with van der Waals surface area (Å²) in [6.07, 6.45) is 3.87. The van der Waals surface area contributed by atoms with E-state index in [9.17, 15) is 9.59 Å². The van der Waals surface area contributed by atoms with Gasteiger partial charge in [-0.2, -0.15) is 10.2 Å². The van der Waals surface area contributed by atoms with Crippen molar-refractivity contribution in [2.45, 2.75) is 13.3 Å². The van der Waals surface area contributed by atoms with Gasteiger partial charge in [0.05, 0.1) is 11.4 Å². The van der Waals surface area contributed by atoms with Gasteiger partial charge in [0.25, 0.3) is 5.91 Å². The molecule has 0 unspecified atom stereocenters. The molecular weight excluding hydrogens is 380 g/mol. The second-order valence-electron chi connectivity index (χ2n) is 6.52. The van der Waals surface area contributed by atoms with Gasteiger partial charge in [-0.15, -0.1) is 0 Å². The van der Waals surface area contributed by atoms with E-state index in [2.05, 4.69) is 20.8 Å². The van der Waals surface area contributed by atoms with Crippen molar-refractivity contribution in [3.63, 3.8) is 0 Å². The molecule has 0 aliphatic carbocycles. The molecule has 2 heterocycles. The summed E-state index contributed by atoms with van der Waals surface area (Å²) in [5, 5.41) is 14.2. The molecule has 30 heavy (non-hydrogen) atoms. The van der Waals surface area contributed by atoms with Crippen molar-refractivity contribution in [3.05, 3.63) is 84.8 Å². The lowest BCUT2D eigenvalue weighted by Crippen LogP contribution is -2.14. The van der Waals surface area contributed by atoms with Crippen molar-refractivity contribution in [3.8, 4) is 11.4 Å². The molecule has 150 valence electrons. The summed E-state index contributed by atoms with van der Waals surface area (Å²) in [4.78, 5) is 24.7. The van der Waals surface area contributed by atoms with Crippen LogP contribution in [0.3, 0.4) is 0 Å². The first-order valence-corrected chi connectivity index (χ1v) is 9.51. The highest BCUT2D eigenvalue weighted by molar-refractivity contribution is 6.04. The van der Waals surface area contributed by atoms with Crippen molar-refractivity contribution < 1.29 is 9.59 Å². The van der Waals surface area contributed by atoms with Gasteiger partial charge in [0, 0.05) is 30.6 Å². The van der Waals surface area contributed by atoms with Gasteiger partial charge in [-0.25, -0.2) is 9.36 Å². The third kappa shape index (κ3) is 4.12. The number of amides is 2. The lowest BCUT2D eigenvalue weighted by Gasteiger charge is -2.07. The summed E-state index contributed by atoms with van der Waals surface area (Å²) in [5.74, 6) is -0.0935. The number of carbonyl (C=O) groups is 2. The number of hydrogen-bond donors (Lipinski definition) is 2. The predicted molar refractivity (Wildman–Crippen MR) is 114 cm³/mol. The minimum Gasteiger partial charge on any atom is -0.321 e. The maximum atomic E-state index is 12.8. The van der Waals surface area contributed by atoms with Gasteiger partial charge in [-0.05, 0) is 42.5 Å². The fourth-order valence-corrected chi connectivity index (χ4v) is 2.89. The zero-order valence-electron chi connectivity index (χ0n) is 16.3. The Balaban J connectivity index is 1.57. The second kappa shape index (κ2) is 8.44. The minimum absolute atomic E-state index is 0.159. The maximum absolute atomic E-state index is 12.8. The van der Waals surface area contributed by atoms with E-state index in [1.807, 2.05) is 54.7 Å². The van der Waals surface area contributed by atoms with E-state index in [1.54, 1.807) is 40.7 Å². The fourth-order valence-electron chi connectivity index (χ4n) is 2.89. The molecule has 8 nitrogen and oxygen atoms in total. The monoisotopic (exact) mass is 400 g/mol. The predicted octanol–water partition coefficient (Wildman–Crippen LogP) is 3.66. The molecule has 2 N–H and O–H groups in total. The van der Waals surface area contributed by atoms with Crippen LogP contribution in [0.5, 0.6) is 0 Å². The highest BCUT2D eigenvalue weighted by Gasteiger charge is 2.17.